The topological polar surface area (TPSA) is 41.1 Å². The molecule has 138 valence electrons. The summed E-state index contributed by atoms with van der Waals surface area (Å²) >= 11 is 3.57. The number of nitrogens with one attached hydrogen (secondary N) is 1. The number of hydrogen-bond acceptors (Lipinski definition) is 4. The third-order valence-corrected chi connectivity index (χ3v) is 5.29. The van der Waals surface area contributed by atoms with E-state index in [9.17, 15) is 0 Å². The summed E-state index contributed by atoms with van der Waals surface area (Å²) in [5.41, 5.74) is 3.82. The highest BCUT2D eigenvalue weighted by Crippen LogP contribution is 2.28. The Labute approximate surface area is 168 Å². The first-order valence-corrected chi connectivity index (χ1v) is 10.1. The van der Waals surface area contributed by atoms with Gasteiger partial charge in [0.05, 0.1) is 0 Å². The van der Waals surface area contributed by atoms with Crippen molar-refractivity contribution in [2.45, 2.75) is 32.7 Å². The second-order valence-corrected chi connectivity index (χ2v) is 8.12. The molecule has 0 fully saturated rings. The quantitative estimate of drug-likeness (QED) is 0.587. The molecule has 1 aromatic heterocycles. The molecule has 27 heavy (non-hydrogen) atoms. The van der Waals surface area contributed by atoms with Gasteiger partial charge in [-0.3, -0.25) is 0 Å². The highest BCUT2D eigenvalue weighted by Gasteiger charge is 2.19. The van der Waals surface area contributed by atoms with E-state index in [1.807, 2.05) is 30.3 Å². The van der Waals surface area contributed by atoms with Gasteiger partial charge in [-0.25, -0.2) is 9.97 Å². The first-order chi connectivity index (χ1) is 13.1. The van der Waals surface area contributed by atoms with Gasteiger partial charge in [-0.1, -0.05) is 54.0 Å². The fourth-order valence-electron chi connectivity index (χ4n) is 3.32. The first kappa shape index (κ1) is 18.0. The Morgan fingerprint density at radius 2 is 1.81 bits per heavy atom. The standard InChI is InChI=1S/C22H23BrN4/c1-15(2)22-25-20(24-19-6-4-3-5-7-19)13-21(26-22)27-11-10-16-12-18(23)9-8-17(16)14-27/h3-9,12-13,15H,10-11,14H2,1-2H3,(H,24,25,26). The summed E-state index contributed by atoms with van der Waals surface area (Å²) in [5, 5.41) is 3.42. The molecule has 0 aliphatic carbocycles. The molecule has 0 bridgehead atoms. The number of hydrogen-bond donors (Lipinski definition) is 1. The lowest BCUT2D eigenvalue weighted by Gasteiger charge is -2.30. The van der Waals surface area contributed by atoms with Crippen molar-refractivity contribution in [1.29, 1.82) is 0 Å². The van der Waals surface area contributed by atoms with E-state index in [1.54, 1.807) is 0 Å². The molecule has 0 saturated carbocycles. The molecule has 0 radical (unpaired) electrons. The van der Waals surface area contributed by atoms with Crippen LogP contribution >= 0.6 is 15.9 Å². The minimum absolute atomic E-state index is 0.273. The molecule has 0 atom stereocenters. The summed E-state index contributed by atoms with van der Waals surface area (Å²) in [6, 6.07) is 18.8. The van der Waals surface area contributed by atoms with Crippen molar-refractivity contribution in [3.05, 3.63) is 76.0 Å². The monoisotopic (exact) mass is 422 g/mol. The SMILES string of the molecule is CC(C)c1nc(Nc2ccccc2)cc(N2CCc3cc(Br)ccc3C2)n1. The fraction of sp³-hybridized carbons (Fsp3) is 0.273. The minimum Gasteiger partial charge on any atom is -0.352 e. The Kier molecular flexibility index (Phi) is 5.12. The van der Waals surface area contributed by atoms with Crippen molar-refractivity contribution in [2.75, 3.05) is 16.8 Å². The van der Waals surface area contributed by atoms with Crippen LogP contribution in [0.15, 0.2) is 59.1 Å². The number of nitrogens with zero attached hydrogens (tertiary/aromatic N) is 3. The van der Waals surface area contributed by atoms with Gasteiger partial charge in [-0.2, -0.15) is 0 Å². The number of fused-ring (bicyclic) bond motifs is 1. The number of aromatic nitrogens is 2. The van der Waals surface area contributed by atoms with Crippen LogP contribution in [0, 0.1) is 0 Å². The third kappa shape index (κ3) is 4.14. The molecular formula is C22H23BrN4. The van der Waals surface area contributed by atoms with Gasteiger partial charge in [0, 0.05) is 35.2 Å². The molecule has 1 aliphatic heterocycles. The summed E-state index contributed by atoms with van der Waals surface area (Å²) in [5.74, 6) is 2.97. The minimum atomic E-state index is 0.273. The molecule has 2 heterocycles. The molecule has 0 unspecified atom stereocenters. The second-order valence-electron chi connectivity index (χ2n) is 7.20. The van der Waals surface area contributed by atoms with Crippen molar-refractivity contribution in [2.24, 2.45) is 0 Å². The van der Waals surface area contributed by atoms with Gasteiger partial charge in [-0.05, 0) is 41.8 Å². The van der Waals surface area contributed by atoms with Gasteiger partial charge in [0.2, 0.25) is 0 Å². The summed E-state index contributed by atoms with van der Waals surface area (Å²) in [7, 11) is 0. The average molecular weight is 423 g/mol. The van der Waals surface area contributed by atoms with Crippen molar-refractivity contribution in [1.82, 2.24) is 9.97 Å². The Morgan fingerprint density at radius 3 is 2.59 bits per heavy atom. The van der Waals surface area contributed by atoms with Crippen LogP contribution in [0.3, 0.4) is 0 Å². The van der Waals surface area contributed by atoms with Gasteiger partial charge < -0.3 is 10.2 Å². The van der Waals surface area contributed by atoms with Gasteiger partial charge >= 0.3 is 0 Å². The molecule has 1 aliphatic rings. The second kappa shape index (κ2) is 7.69. The average Bonchev–Trinajstić information content (AvgIpc) is 2.68. The number of benzene rings is 2. The maximum atomic E-state index is 4.85. The zero-order valence-electron chi connectivity index (χ0n) is 15.6. The Hall–Kier alpha value is -2.40. The van der Waals surface area contributed by atoms with Gasteiger partial charge in [0.25, 0.3) is 0 Å². The van der Waals surface area contributed by atoms with Gasteiger partial charge in [0.1, 0.15) is 17.5 Å². The van der Waals surface area contributed by atoms with Crippen LogP contribution < -0.4 is 10.2 Å². The third-order valence-electron chi connectivity index (χ3n) is 4.80. The summed E-state index contributed by atoms with van der Waals surface area (Å²) in [4.78, 5) is 11.9. The summed E-state index contributed by atoms with van der Waals surface area (Å²) in [6.45, 7) is 6.10. The number of rotatable bonds is 4. The van der Waals surface area contributed by atoms with Crippen LogP contribution in [0.1, 0.15) is 36.7 Å². The van der Waals surface area contributed by atoms with E-state index in [4.69, 9.17) is 9.97 Å². The van der Waals surface area contributed by atoms with E-state index in [0.717, 1.165) is 47.1 Å². The molecule has 0 spiro atoms. The molecule has 5 heteroatoms. The van der Waals surface area contributed by atoms with E-state index in [-0.39, 0.29) is 5.92 Å². The molecular weight excluding hydrogens is 400 g/mol. The Bertz CT molecular complexity index is 940. The lowest BCUT2D eigenvalue weighted by atomic mass is 10.00. The van der Waals surface area contributed by atoms with E-state index in [0.29, 0.717) is 0 Å². The van der Waals surface area contributed by atoms with Gasteiger partial charge in [0.15, 0.2) is 0 Å². The van der Waals surface area contributed by atoms with E-state index in [1.165, 1.54) is 11.1 Å². The molecule has 2 aromatic carbocycles. The number of anilines is 3. The van der Waals surface area contributed by atoms with Crippen LogP contribution in [0.25, 0.3) is 0 Å². The predicted molar refractivity (Wildman–Crippen MR) is 115 cm³/mol. The predicted octanol–water partition coefficient (Wildman–Crippen LogP) is 5.67. The number of halogens is 1. The molecule has 0 amide bonds. The molecule has 4 rings (SSSR count). The van der Waals surface area contributed by atoms with Crippen LogP contribution in [-0.4, -0.2) is 16.5 Å². The van der Waals surface area contributed by atoms with Crippen molar-refractivity contribution in [3.63, 3.8) is 0 Å². The zero-order chi connectivity index (χ0) is 18.8. The number of para-hydroxylation sites is 1. The van der Waals surface area contributed by atoms with Crippen molar-refractivity contribution < 1.29 is 0 Å². The summed E-state index contributed by atoms with van der Waals surface area (Å²) in [6.07, 6.45) is 1.03. The maximum Gasteiger partial charge on any atom is 0.136 e. The largest absolute Gasteiger partial charge is 0.352 e. The van der Waals surface area contributed by atoms with Crippen LogP contribution in [0.2, 0.25) is 0 Å². The van der Waals surface area contributed by atoms with Crippen LogP contribution in [0.5, 0.6) is 0 Å². The highest BCUT2D eigenvalue weighted by molar-refractivity contribution is 9.10. The van der Waals surface area contributed by atoms with Gasteiger partial charge in [-0.15, -0.1) is 0 Å². The fourth-order valence-corrected chi connectivity index (χ4v) is 3.73. The van der Waals surface area contributed by atoms with E-state index >= 15 is 0 Å². The van der Waals surface area contributed by atoms with Crippen LogP contribution in [0.4, 0.5) is 17.3 Å². The molecule has 1 N–H and O–H groups in total. The Balaban J connectivity index is 1.65. The lowest BCUT2D eigenvalue weighted by molar-refractivity contribution is 0.703. The summed E-state index contributed by atoms with van der Waals surface area (Å²) < 4.78 is 1.15. The molecule has 3 aromatic rings. The highest BCUT2D eigenvalue weighted by atomic mass is 79.9. The van der Waals surface area contributed by atoms with Crippen LogP contribution in [-0.2, 0) is 13.0 Å². The molecule has 4 nitrogen and oxygen atoms in total. The smallest absolute Gasteiger partial charge is 0.136 e. The first-order valence-electron chi connectivity index (χ1n) is 9.32. The Morgan fingerprint density at radius 1 is 1.00 bits per heavy atom. The van der Waals surface area contributed by atoms with E-state index in [2.05, 4.69) is 64.3 Å². The lowest BCUT2D eigenvalue weighted by Crippen LogP contribution is -2.31. The van der Waals surface area contributed by atoms with Crippen molar-refractivity contribution >= 4 is 33.3 Å². The van der Waals surface area contributed by atoms with E-state index < -0.39 is 0 Å². The zero-order valence-corrected chi connectivity index (χ0v) is 17.2. The molecule has 0 saturated heterocycles. The normalized spacial score (nSPS) is 13.6. The maximum absolute atomic E-state index is 4.85. The van der Waals surface area contributed by atoms with Crippen molar-refractivity contribution in [3.8, 4) is 0 Å².